The van der Waals surface area contributed by atoms with Gasteiger partial charge in [0.25, 0.3) is 0 Å². The Morgan fingerprint density at radius 1 is 1.47 bits per heavy atom. The van der Waals surface area contributed by atoms with Gasteiger partial charge in [-0.05, 0) is 29.0 Å². The average Bonchev–Trinajstić information content (AvgIpc) is 2.87. The van der Waals surface area contributed by atoms with E-state index in [0.29, 0.717) is 5.82 Å². The normalized spacial score (nSPS) is 20.4. The van der Waals surface area contributed by atoms with Crippen LogP contribution in [-0.4, -0.2) is 33.7 Å². The van der Waals surface area contributed by atoms with Gasteiger partial charge in [-0.3, -0.25) is 0 Å². The summed E-state index contributed by atoms with van der Waals surface area (Å²) in [6.07, 6.45) is 2.77. The lowest BCUT2D eigenvalue weighted by Gasteiger charge is -2.17. The van der Waals surface area contributed by atoms with Gasteiger partial charge in [0.1, 0.15) is 11.6 Å². The van der Waals surface area contributed by atoms with Gasteiger partial charge in [0.2, 0.25) is 0 Å². The first-order valence-electron chi connectivity index (χ1n) is 5.45. The number of anilines is 2. The smallest absolute Gasteiger partial charge is 0.173 e. The van der Waals surface area contributed by atoms with Gasteiger partial charge in [-0.15, -0.1) is 0 Å². The van der Waals surface area contributed by atoms with Crippen molar-refractivity contribution in [3.8, 4) is 0 Å². The highest BCUT2D eigenvalue weighted by atomic mass is 127. The zero-order chi connectivity index (χ0) is 12.0. The van der Waals surface area contributed by atoms with Gasteiger partial charge in [0, 0.05) is 25.2 Å². The summed E-state index contributed by atoms with van der Waals surface area (Å²) < 4.78 is 2.65. The van der Waals surface area contributed by atoms with Gasteiger partial charge in [-0.1, -0.05) is 0 Å². The van der Waals surface area contributed by atoms with Gasteiger partial charge in [0.15, 0.2) is 5.65 Å². The Hall–Kier alpha value is -1.09. The molecular weight excluding hydrogens is 331 g/mol. The summed E-state index contributed by atoms with van der Waals surface area (Å²) in [5.41, 5.74) is 12.7. The zero-order valence-electron chi connectivity index (χ0n) is 9.17. The summed E-state index contributed by atoms with van der Waals surface area (Å²) in [5.74, 6) is 1.50. The van der Waals surface area contributed by atoms with E-state index >= 15 is 0 Å². The minimum Gasteiger partial charge on any atom is -0.383 e. The molecule has 17 heavy (non-hydrogen) atoms. The maximum atomic E-state index is 5.97. The molecule has 1 saturated heterocycles. The lowest BCUT2D eigenvalue weighted by atomic mass is 10.3. The van der Waals surface area contributed by atoms with Crippen LogP contribution in [0, 0.1) is 3.57 Å². The molecule has 0 unspecified atom stereocenters. The van der Waals surface area contributed by atoms with E-state index in [4.69, 9.17) is 11.5 Å². The van der Waals surface area contributed by atoms with Gasteiger partial charge >= 0.3 is 0 Å². The van der Waals surface area contributed by atoms with Crippen molar-refractivity contribution in [2.24, 2.45) is 5.73 Å². The van der Waals surface area contributed by atoms with E-state index in [0.717, 1.165) is 34.5 Å². The first-order chi connectivity index (χ1) is 8.15. The molecule has 7 heteroatoms. The Kier molecular flexibility index (Phi) is 2.58. The molecule has 6 nitrogen and oxygen atoms in total. The number of nitrogen functional groups attached to an aromatic ring is 1. The Balaban J connectivity index is 2.08. The zero-order valence-corrected chi connectivity index (χ0v) is 11.3. The van der Waals surface area contributed by atoms with Crippen LogP contribution in [0.25, 0.3) is 5.65 Å². The lowest BCUT2D eigenvalue weighted by Crippen LogP contribution is -2.27. The number of halogens is 1. The van der Waals surface area contributed by atoms with Crippen LogP contribution in [0.2, 0.25) is 0 Å². The van der Waals surface area contributed by atoms with E-state index < -0.39 is 0 Å². The van der Waals surface area contributed by atoms with E-state index in [9.17, 15) is 0 Å². The molecule has 1 aliphatic rings. The van der Waals surface area contributed by atoms with E-state index in [1.165, 1.54) is 0 Å². The molecule has 4 N–H and O–H groups in total. The number of nitrogens with zero attached hydrogens (tertiary/aromatic N) is 4. The van der Waals surface area contributed by atoms with E-state index in [-0.39, 0.29) is 6.04 Å². The molecule has 2 aromatic heterocycles. The van der Waals surface area contributed by atoms with Crippen LogP contribution in [0.15, 0.2) is 12.3 Å². The van der Waals surface area contributed by atoms with Crippen LogP contribution in [0.3, 0.4) is 0 Å². The molecule has 0 aromatic carbocycles. The van der Waals surface area contributed by atoms with Gasteiger partial charge < -0.3 is 16.4 Å². The third-order valence-corrected chi connectivity index (χ3v) is 3.75. The van der Waals surface area contributed by atoms with E-state index in [2.05, 4.69) is 37.6 Å². The van der Waals surface area contributed by atoms with Crippen molar-refractivity contribution in [2.45, 2.75) is 12.5 Å². The highest BCUT2D eigenvalue weighted by Crippen LogP contribution is 2.23. The number of hydrogen-bond donors (Lipinski definition) is 2. The monoisotopic (exact) mass is 344 g/mol. The van der Waals surface area contributed by atoms with Crippen molar-refractivity contribution in [2.75, 3.05) is 23.7 Å². The van der Waals surface area contributed by atoms with Crippen molar-refractivity contribution in [3.05, 3.63) is 15.8 Å². The van der Waals surface area contributed by atoms with Crippen molar-refractivity contribution in [1.82, 2.24) is 14.6 Å². The largest absolute Gasteiger partial charge is 0.383 e. The second-order valence-corrected chi connectivity index (χ2v) is 5.42. The second-order valence-electron chi connectivity index (χ2n) is 4.26. The minimum absolute atomic E-state index is 0.234. The molecule has 0 aliphatic carbocycles. The highest BCUT2D eigenvalue weighted by molar-refractivity contribution is 14.1. The van der Waals surface area contributed by atoms with Crippen LogP contribution >= 0.6 is 22.6 Å². The quantitative estimate of drug-likeness (QED) is 0.734. The number of aromatic nitrogens is 3. The fraction of sp³-hybridized carbons (Fsp3) is 0.400. The van der Waals surface area contributed by atoms with Crippen LogP contribution in [0.4, 0.5) is 11.6 Å². The maximum absolute atomic E-state index is 5.97. The molecule has 0 radical (unpaired) electrons. The Labute approximate surface area is 112 Å². The molecule has 0 saturated carbocycles. The lowest BCUT2D eigenvalue weighted by molar-refractivity contribution is 0.751. The second kappa shape index (κ2) is 3.98. The molecule has 3 rings (SSSR count). The van der Waals surface area contributed by atoms with E-state index in [1.54, 1.807) is 10.7 Å². The first-order valence-corrected chi connectivity index (χ1v) is 6.53. The predicted molar refractivity (Wildman–Crippen MR) is 74.9 cm³/mol. The number of rotatable bonds is 1. The summed E-state index contributed by atoms with van der Waals surface area (Å²) in [6, 6.07) is 2.09. The van der Waals surface area contributed by atoms with Crippen molar-refractivity contribution < 1.29 is 0 Å². The summed E-state index contributed by atoms with van der Waals surface area (Å²) in [4.78, 5) is 6.77. The fourth-order valence-electron chi connectivity index (χ4n) is 2.10. The Morgan fingerprint density at radius 3 is 3.00 bits per heavy atom. The van der Waals surface area contributed by atoms with Crippen LogP contribution in [0.1, 0.15) is 6.42 Å². The molecular formula is C10H13IN6. The number of nitrogens with two attached hydrogens (primary N) is 2. The van der Waals surface area contributed by atoms with Gasteiger partial charge in [0.05, 0.1) is 9.77 Å². The first kappa shape index (κ1) is 11.0. The molecule has 1 aliphatic heterocycles. The van der Waals surface area contributed by atoms with Gasteiger partial charge in [-0.2, -0.15) is 9.61 Å². The molecule has 0 bridgehead atoms. The van der Waals surface area contributed by atoms with Crippen LogP contribution < -0.4 is 16.4 Å². The van der Waals surface area contributed by atoms with Crippen LogP contribution in [0.5, 0.6) is 0 Å². The predicted octanol–water partition coefficient (Wildman–Crippen LogP) is 0.453. The van der Waals surface area contributed by atoms with Crippen molar-refractivity contribution >= 4 is 39.9 Å². The minimum atomic E-state index is 0.234. The van der Waals surface area contributed by atoms with Crippen molar-refractivity contribution in [1.29, 1.82) is 0 Å². The van der Waals surface area contributed by atoms with E-state index in [1.807, 2.05) is 6.07 Å². The summed E-state index contributed by atoms with van der Waals surface area (Å²) >= 11 is 2.21. The standard InChI is InChI=1S/C10H13IN6/c11-7-4-14-17-8(13)3-9(15-10(7)17)16-2-1-6(12)5-16/h3-4,6H,1-2,5,12-13H2/t6-/m0/s1. The molecule has 0 spiro atoms. The molecule has 0 amide bonds. The molecule has 3 heterocycles. The van der Waals surface area contributed by atoms with Gasteiger partial charge in [-0.25, -0.2) is 4.98 Å². The summed E-state index contributed by atoms with van der Waals surface area (Å²) in [7, 11) is 0. The molecule has 1 atom stereocenters. The average molecular weight is 344 g/mol. The third kappa shape index (κ3) is 1.82. The topological polar surface area (TPSA) is 85.5 Å². The number of fused-ring (bicyclic) bond motifs is 1. The molecule has 1 fully saturated rings. The summed E-state index contributed by atoms with van der Waals surface area (Å²) in [5, 5.41) is 4.18. The fourth-order valence-corrected chi connectivity index (χ4v) is 2.58. The highest BCUT2D eigenvalue weighted by Gasteiger charge is 2.21. The maximum Gasteiger partial charge on any atom is 0.173 e. The Morgan fingerprint density at radius 2 is 2.29 bits per heavy atom. The third-order valence-electron chi connectivity index (χ3n) is 2.99. The molecule has 90 valence electrons. The molecule has 2 aromatic rings. The number of hydrogen-bond acceptors (Lipinski definition) is 5. The summed E-state index contributed by atoms with van der Waals surface area (Å²) in [6.45, 7) is 1.78. The Bertz CT molecular complexity index is 565. The van der Waals surface area contributed by atoms with Crippen molar-refractivity contribution in [3.63, 3.8) is 0 Å². The SMILES string of the molecule is Nc1cc(N2CC[C@H](N)C2)nc2c(I)cnn12. The van der Waals surface area contributed by atoms with Crippen LogP contribution in [-0.2, 0) is 0 Å².